The Hall–Kier alpha value is -3.34. The van der Waals surface area contributed by atoms with Gasteiger partial charge in [-0.2, -0.15) is 0 Å². The van der Waals surface area contributed by atoms with E-state index < -0.39 is 0 Å². The lowest BCUT2D eigenvalue weighted by molar-refractivity contribution is 1.50. The van der Waals surface area contributed by atoms with Crippen LogP contribution in [-0.4, -0.2) is 9.97 Å². The summed E-state index contributed by atoms with van der Waals surface area (Å²) in [4.78, 5) is 7.27. The molecule has 0 radical (unpaired) electrons. The van der Waals surface area contributed by atoms with E-state index in [0.29, 0.717) is 0 Å². The summed E-state index contributed by atoms with van der Waals surface area (Å²) >= 11 is 7.80. The van der Waals surface area contributed by atoms with E-state index in [9.17, 15) is 0 Å². The largest absolute Gasteiger partial charge is 0.354 e. The molecule has 4 heteroatoms. The molecule has 0 unspecified atom stereocenters. The van der Waals surface area contributed by atoms with E-state index >= 15 is 0 Å². The molecule has 2 heterocycles. The number of halogens is 2. The number of benzene rings is 5. The van der Waals surface area contributed by atoms with E-state index in [2.05, 4.69) is 139 Å². The molecule has 0 saturated carbocycles. The summed E-state index contributed by atoms with van der Waals surface area (Å²) in [5, 5.41) is 4.97. The van der Waals surface area contributed by atoms with Crippen LogP contribution in [0.5, 0.6) is 0 Å². The second-order valence-electron chi connectivity index (χ2n) is 8.61. The zero-order chi connectivity index (χ0) is 22.8. The first-order valence-electron chi connectivity index (χ1n) is 11.2. The average Bonchev–Trinajstić information content (AvgIpc) is 3.44. The van der Waals surface area contributed by atoms with Crippen molar-refractivity contribution in [3.05, 3.63) is 106 Å². The minimum atomic E-state index is 1.06. The van der Waals surface area contributed by atoms with Gasteiger partial charge in [0.05, 0.1) is 11.0 Å². The van der Waals surface area contributed by atoms with Gasteiger partial charge < -0.3 is 9.97 Å². The highest BCUT2D eigenvalue weighted by Crippen LogP contribution is 2.43. The summed E-state index contributed by atoms with van der Waals surface area (Å²) in [6.07, 6.45) is 0. The van der Waals surface area contributed by atoms with Crippen LogP contribution < -0.4 is 0 Å². The normalized spacial score (nSPS) is 11.8. The third kappa shape index (κ3) is 2.92. The van der Waals surface area contributed by atoms with Gasteiger partial charge in [-0.05, 0) is 35.4 Å². The van der Waals surface area contributed by atoms with Crippen molar-refractivity contribution < 1.29 is 0 Å². The molecule has 0 aliphatic rings. The van der Waals surface area contributed by atoms with Crippen LogP contribution >= 0.6 is 31.9 Å². The molecule has 0 aliphatic carbocycles. The minimum absolute atomic E-state index is 1.06. The number of hydrogen-bond donors (Lipinski definition) is 2. The van der Waals surface area contributed by atoms with Gasteiger partial charge in [-0.15, -0.1) is 0 Å². The van der Waals surface area contributed by atoms with Crippen LogP contribution in [0.3, 0.4) is 0 Å². The molecule has 0 amide bonds. The Morgan fingerprint density at radius 1 is 0.412 bits per heavy atom. The molecular weight excluding hydrogens is 548 g/mol. The van der Waals surface area contributed by atoms with E-state index in [-0.39, 0.29) is 0 Å². The van der Waals surface area contributed by atoms with Crippen LogP contribution in [0.2, 0.25) is 0 Å². The van der Waals surface area contributed by atoms with E-state index in [1.807, 2.05) is 0 Å². The SMILES string of the molecule is Brc1cc(-c2cccc3c2[nH]c2ccccc23)c(Br)cc1-c1cccc2c1[nH]c1ccccc12. The van der Waals surface area contributed by atoms with Gasteiger partial charge in [0.15, 0.2) is 0 Å². The Morgan fingerprint density at radius 3 is 1.29 bits per heavy atom. The van der Waals surface area contributed by atoms with Crippen LogP contribution in [0.1, 0.15) is 0 Å². The molecule has 0 atom stereocenters. The van der Waals surface area contributed by atoms with Crippen molar-refractivity contribution in [1.82, 2.24) is 9.97 Å². The van der Waals surface area contributed by atoms with Crippen LogP contribution in [0, 0.1) is 0 Å². The maximum Gasteiger partial charge on any atom is 0.0544 e. The molecule has 0 fully saturated rings. The molecule has 7 rings (SSSR count). The van der Waals surface area contributed by atoms with Gasteiger partial charge in [-0.3, -0.25) is 0 Å². The van der Waals surface area contributed by atoms with Gasteiger partial charge in [0.1, 0.15) is 0 Å². The molecule has 34 heavy (non-hydrogen) atoms. The highest BCUT2D eigenvalue weighted by atomic mass is 79.9. The average molecular weight is 566 g/mol. The van der Waals surface area contributed by atoms with Gasteiger partial charge in [0.2, 0.25) is 0 Å². The molecule has 5 aromatic carbocycles. The summed E-state index contributed by atoms with van der Waals surface area (Å²) in [6, 6.07) is 34.4. The van der Waals surface area contributed by atoms with Crippen LogP contribution in [0.15, 0.2) is 106 Å². The third-order valence-electron chi connectivity index (χ3n) is 6.72. The fraction of sp³-hybridized carbons (Fsp3) is 0. The third-order valence-corrected chi connectivity index (χ3v) is 8.03. The minimum Gasteiger partial charge on any atom is -0.354 e. The number of hydrogen-bond acceptors (Lipinski definition) is 0. The summed E-state index contributed by atoms with van der Waals surface area (Å²) in [7, 11) is 0. The summed E-state index contributed by atoms with van der Waals surface area (Å²) in [5.74, 6) is 0. The van der Waals surface area contributed by atoms with E-state index in [4.69, 9.17) is 0 Å². The number of nitrogens with one attached hydrogen (secondary N) is 2. The van der Waals surface area contributed by atoms with E-state index in [1.165, 1.54) is 32.7 Å². The number of aromatic nitrogens is 2. The fourth-order valence-electron chi connectivity index (χ4n) is 5.15. The molecule has 0 spiro atoms. The first-order valence-corrected chi connectivity index (χ1v) is 12.8. The second-order valence-corrected chi connectivity index (χ2v) is 10.3. The van der Waals surface area contributed by atoms with Crippen molar-refractivity contribution in [1.29, 1.82) is 0 Å². The summed E-state index contributed by atoms with van der Waals surface area (Å²) in [6.45, 7) is 0. The number of aromatic amines is 2. The standard InChI is InChI=1S/C30H18Br2N2/c31-25-16-24(22-12-6-10-20-18-8-2-4-14-28(18)34-30(20)22)26(32)15-23(25)21-11-5-9-19-17-7-1-3-13-27(17)33-29(19)21/h1-16,33-34H. The maximum absolute atomic E-state index is 3.90. The highest BCUT2D eigenvalue weighted by molar-refractivity contribution is 9.11. The Balaban J connectivity index is 1.45. The van der Waals surface area contributed by atoms with Crippen LogP contribution in [0.4, 0.5) is 0 Å². The van der Waals surface area contributed by atoms with Crippen molar-refractivity contribution in [2.75, 3.05) is 0 Å². The van der Waals surface area contributed by atoms with Crippen molar-refractivity contribution >= 4 is 75.5 Å². The predicted molar refractivity (Wildman–Crippen MR) is 151 cm³/mol. The van der Waals surface area contributed by atoms with E-state index in [1.54, 1.807) is 0 Å². The van der Waals surface area contributed by atoms with E-state index in [0.717, 1.165) is 42.1 Å². The zero-order valence-electron chi connectivity index (χ0n) is 18.0. The van der Waals surface area contributed by atoms with Crippen LogP contribution in [0.25, 0.3) is 65.9 Å². The van der Waals surface area contributed by atoms with Crippen LogP contribution in [-0.2, 0) is 0 Å². The Labute approximate surface area is 212 Å². The predicted octanol–water partition coefficient (Wildman–Crippen LogP) is 9.81. The first-order chi connectivity index (χ1) is 16.7. The number of H-pyrrole nitrogens is 2. The topological polar surface area (TPSA) is 31.6 Å². The number of rotatable bonds is 2. The highest BCUT2D eigenvalue weighted by Gasteiger charge is 2.17. The lowest BCUT2D eigenvalue weighted by Crippen LogP contribution is -1.88. The molecule has 2 N–H and O–H groups in total. The number of para-hydroxylation sites is 4. The quantitative estimate of drug-likeness (QED) is 0.209. The summed E-state index contributed by atoms with van der Waals surface area (Å²) in [5.41, 5.74) is 9.27. The monoisotopic (exact) mass is 564 g/mol. The molecular formula is C30H18Br2N2. The molecule has 2 aromatic heterocycles. The zero-order valence-corrected chi connectivity index (χ0v) is 21.2. The molecule has 7 aromatic rings. The summed E-state index contributed by atoms with van der Waals surface area (Å²) < 4.78 is 2.12. The van der Waals surface area contributed by atoms with Gasteiger partial charge in [-0.25, -0.2) is 0 Å². The Bertz CT molecular complexity index is 1750. The van der Waals surface area contributed by atoms with Gasteiger partial charge >= 0.3 is 0 Å². The van der Waals surface area contributed by atoms with Crippen molar-refractivity contribution in [2.45, 2.75) is 0 Å². The van der Waals surface area contributed by atoms with Crippen molar-refractivity contribution in [2.24, 2.45) is 0 Å². The molecule has 0 bridgehead atoms. The number of fused-ring (bicyclic) bond motifs is 6. The lowest BCUT2D eigenvalue weighted by atomic mass is 9.97. The van der Waals surface area contributed by atoms with Gasteiger partial charge in [-0.1, -0.05) is 105 Å². The van der Waals surface area contributed by atoms with Gasteiger partial charge in [0.25, 0.3) is 0 Å². The smallest absolute Gasteiger partial charge is 0.0544 e. The van der Waals surface area contributed by atoms with Crippen molar-refractivity contribution in [3.63, 3.8) is 0 Å². The molecule has 2 nitrogen and oxygen atoms in total. The molecule has 0 saturated heterocycles. The maximum atomic E-state index is 3.90. The Morgan fingerprint density at radius 2 is 0.824 bits per heavy atom. The molecule has 0 aliphatic heterocycles. The lowest BCUT2D eigenvalue weighted by Gasteiger charge is -2.13. The van der Waals surface area contributed by atoms with Crippen molar-refractivity contribution in [3.8, 4) is 22.3 Å². The second kappa shape index (κ2) is 7.59. The first kappa shape index (κ1) is 20.1. The fourth-order valence-corrected chi connectivity index (χ4v) is 6.27. The Kier molecular flexibility index (Phi) is 4.48. The van der Waals surface area contributed by atoms with Gasteiger partial charge in [0, 0.05) is 52.7 Å². The molecule has 162 valence electrons.